The fourth-order valence-corrected chi connectivity index (χ4v) is 4.96. The molecule has 1 N–H and O–H groups in total. The van der Waals surface area contributed by atoms with Gasteiger partial charge in [-0.1, -0.05) is 31.3 Å². The number of hydrogen-bond donors (Lipinski definition) is 1. The highest BCUT2D eigenvalue weighted by Gasteiger charge is 2.16. The van der Waals surface area contributed by atoms with Crippen LogP contribution in [0.2, 0.25) is 0 Å². The summed E-state index contributed by atoms with van der Waals surface area (Å²) in [5.74, 6) is -0.538. The summed E-state index contributed by atoms with van der Waals surface area (Å²) in [5.41, 5.74) is 2.03. The van der Waals surface area contributed by atoms with Gasteiger partial charge >= 0.3 is 0 Å². The molecular formula is C20H21FN2O3S2. The van der Waals surface area contributed by atoms with Crippen LogP contribution in [0.3, 0.4) is 0 Å². The number of fused-ring (bicyclic) bond motifs is 1. The van der Waals surface area contributed by atoms with Crippen LogP contribution in [-0.4, -0.2) is 25.1 Å². The summed E-state index contributed by atoms with van der Waals surface area (Å²) >= 11 is 1.40. The van der Waals surface area contributed by atoms with Crippen LogP contribution in [0.4, 0.5) is 9.52 Å². The smallest absolute Gasteiger partial charge is 0.226 e. The van der Waals surface area contributed by atoms with Gasteiger partial charge in [-0.3, -0.25) is 4.79 Å². The number of benzene rings is 2. The molecular weight excluding hydrogens is 399 g/mol. The monoisotopic (exact) mass is 420 g/mol. The van der Waals surface area contributed by atoms with Crippen LogP contribution in [0.5, 0.6) is 0 Å². The van der Waals surface area contributed by atoms with Crippen molar-refractivity contribution in [3.8, 4) is 0 Å². The molecule has 28 heavy (non-hydrogen) atoms. The van der Waals surface area contributed by atoms with E-state index in [1.807, 2.05) is 12.1 Å². The van der Waals surface area contributed by atoms with Crippen LogP contribution in [-0.2, 0) is 14.6 Å². The molecule has 0 aliphatic rings. The van der Waals surface area contributed by atoms with Gasteiger partial charge in [0, 0.05) is 6.42 Å². The van der Waals surface area contributed by atoms with Gasteiger partial charge in [-0.15, -0.1) is 0 Å². The maximum absolute atomic E-state index is 12.9. The molecule has 148 valence electrons. The van der Waals surface area contributed by atoms with Crippen molar-refractivity contribution in [3.63, 3.8) is 0 Å². The van der Waals surface area contributed by atoms with E-state index in [2.05, 4.69) is 30.2 Å². The highest BCUT2D eigenvalue weighted by atomic mass is 32.2. The van der Waals surface area contributed by atoms with E-state index in [9.17, 15) is 17.6 Å². The lowest BCUT2D eigenvalue weighted by Crippen LogP contribution is -2.14. The molecule has 0 atom stereocenters. The predicted octanol–water partition coefficient (Wildman–Crippen LogP) is 4.75. The van der Waals surface area contributed by atoms with E-state index >= 15 is 0 Å². The van der Waals surface area contributed by atoms with Gasteiger partial charge in [0.25, 0.3) is 0 Å². The topological polar surface area (TPSA) is 76.1 Å². The minimum Gasteiger partial charge on any atom is -0.302 e. The molecule has 1 heterocycles. The number of sulfone groups is 1. The van der Waals surface area contributed by atoms with Crippen molar-refractivity contribution >= 4 is 42.4 Å². The molecule has 0 radical (unpaired) electrons. The first-order chi connectivity index (χ1) is 13.2. The first-order valence-corrected chi connectivity index (χ1v) is 11.4. The van der Waals surface area contributed by atoms with Gasteiger partial charge in [0.05, 0.1) is 20.9 Å². The van der Waals surface area contributed by atoms with Crippen LogP contribution in [0.1, 0.15) is 38.2 Å². The zero-order valence-electron chi connectivity index (χ0n) is 15.6. The van der Waals surface area contributed by atoms with E-state index in [0.717, 1.165) is 22.3 Å². The highest BCUT2D eigenvalue weighted by Crippen LogP contribution is 2.29. The molecule has 0 saturated carbocycles. The number of nitrogens with zero attached hydrogens (tertiary/aromatic N) is 1. The van der Waals surface area contributed by atoms with E-state index in [1.165, 1.54) is 29.0 Å². The number of thiazole rings is 1. The molecule has 1 amide bonds. The number of aromatic nitrogens is 1. The number of hydrogen-bond acceptors (Lipinski definition) is 5. The van der Waals surface area contributed by atoms with Crippen molar-refractivity contribution in [2.75, 3.05) is 11.1 Å². The van der Waals surface area contributed by atoms with Crippen molar-refractivity contribution in [1.82, 2.24) is 4.98 Å². The maximum atomic E-state index is 12.9. The average Bonchev–Trinajstić information content (AvgIpc) is 3.03. The van der Waals surface area contributed by atoms with Crippen molar-refractivity contribution < 1.29 is 17.6 Å². The fourth-order valence-electron chi connectivity index (χ4n) is 2.72. The van der Waals surface area contributed by atoms with Gasteiger partial charge in [0.15, 0.2) is 15.0 Å². The molecule has 3 rings (SSSR count). The number of carbonyl (C=O) groups is 1. The van der Waals surface area contributed by atoms with Gasteiger partial charge in [0.2, 0.25) is 5.91 Å². The lowest BCUT2D eigenvalue weighted by atomic mass is 10.0. The Labute approximate surface area is 167 Å². The first-order valence-electron chi connectivity index (χ1n) is 8.93. The van der Waals surface area contributed by atoms with Gasteiger partial charge < -0.3 is 5.32 Å². The zero-order valence-corrected chi connectivity index (χ0v) is 17.2. The standard InChI is InChI=1S/C20H21FN2O3S2/c1-13(2)14-5-10-17-18(12-14)27-20(22-17)23-19(24)4-3-11-28(25,26)16-8-6-15(21)7-9-16/h5-10,12-13H,3-4,11H2,1-2H3,(H,22,23,24). The molecule has 0 aliphatic carbocycles. The summed E-state index contributed by atoms with van der Waals surface area (Å²) < 4.78 is 38.4. The first kappa shape index (κ1) is 20.4. The second kappa shape index (κ2) is 8.36. The summed E-state index contributed by atoms with van der Waals surface area (Å²) in [5, 5.41) is 3.24. The zero-order chi connectivity index (χ0) is 20.3. The van der Waals surface area contributed by atoms with E-state index < -0.39 is 15.7 Å². The molecule has 3 aromatic rings. The van der Waals surface area contributed by atoms with E-state index in [4.69, 9.17) is 0 Å². The Morgan fingerprint density at radius 2 is 1.89 bits per heavy atom. The summed E-state index contributed by atoms with van der Waals surface area (Å²) in [4.78, 5) is 16.6. The molecule has 0 bridgehead atoms. The molecule has 1 aromatic heterocycles. The predicted molar refractivity (Wildman–Crippen MR) is 110 cm³/mol. The number of halogens is 1. The Bertz CT molecular complexity index is 1090. The van der Waals surface area contributed by atoms with Gasteiger partial charge in [0.1, 0.15) is 5.82 Å². The summed E-state index contributed by atoms with van der Waals surface area (Å²) in [6, 6.07) is 10.7. The van der Waals surface area contributed by atoms with E-state index in [0.29, 0.717) is 11.0 Å². The Balaban J connectivity index is 1.57. The Hall–Kier alpha value is -2.32. The largest absolute Gasteiger partial charge is 0.302 e. The normalized spacial score (nSPS) is 11.9. The van der Waals surface area contributed by atoms with E-state index in [-0.39, 0.29) is 29.4 Å². The number of anilines is 1. The Morgan fingerprint density at radius 1 is 1.18 bits per heavy atom. The number of carbonyl (C=O) groups excluding carboxylic acids is 1. The molecule has 0 unspecified atom stereocenters. The van der Waals surface area contributed by atoms with Crippen LogP contribution >= 0.6 is 11.3 Å². The van der Waals surface area contributed by atoms with Gasteiger partial charge in [-0.2, -0.15) is 0 Å². The Kier molecular flexibility index (Phi) is 6.10. The van der Waals surface area contributed by atoms with Crippen molar-refractivity contribution in [2.24, 2.45) is 0 Å². The SMILES string of the molecule is CC(C)c1ccc2nc(NC(=O)CCCS(=O)(=O)c3ccc(F)cc3)sc2c1. The minimum atomic E-state index is -3.54. The molecule has 0 aliphatic heterocycles. The minimum absolute atomic E-state index is 0.0569. The third-order valence-corrected chi connectivity index (χ3v) is 7.07. The lowest BCUT2D eigenvalue weighted by molar-refractivity contribution is -0.116. The summed E-state index contributed by atoms with van der Waals surface area (Å²) in [6.45, 7) is 4.23. The second-order valence-corrected chi connectivity index (χ2v) is 9.97. The van der Waals surface area contributed by atoms with Gasteiger partial charge in [-0.25, -0.2) is 17.8 Å². The van der Waals surface area contributed by atoms with Crippen LogP contribution in [0.15, 0.2) is 47.4 Å². The molecule has 0 saturated heterocycles. The lowest BCUT2D eigenvalue weighted by Gasteiger charge is -2.04. The molecule has 2 aromatic carbocycles. The Morgan fingerprint density at radius 3 is 2.57 bits per heavy atom. The molecule has 0 fully saturated rings. The maximum Gasteiger partial charge on any atom is 0.226 e. The van der Waals surface area contributed by atoms with Crippen molar-refractivity contribution in [1.29, 1.82) is 0 Å². The number of amides is 1. The number of rotatable bonds is 7. The van der Waals surface area contributed by atoms with Crippen LogP contribution < -0.4 is 5.32 Å². The van der Waals surface area contributed by atoms with Gasteiger partial charge in [-0.05, 0) is 54.3 Å². The molecule has 5 nitrogen and oxygen atoms in total. The van der Waals surface area contributed by atoms with Crippen LogP contribution in [0, 0.1) is 5.82 Å². The average molecular weight is 421 g/mol. The molecule has 0 spiro atoms. The third kappa shape index (κ3) is 4.94. The quantitative estimate of drug-likeness (QED) is 0.560. The fraction of sp³-hybridized carbons (Fsp3) is 0.300. The van der Waals surface area contributed by atoms with Crippen molar-refractivity contribution in [2.45, 2.75) is 37.5 Å². The van der Waals surface area contributed by atoms with Crippen LogP contribution in [0.25, 0.3) is 10.2 Å². The third-order valence-electron chi connectivity index (χ3n) is 4.32. The summed E-state index contributed by atoms with van der Waals surface area (Å²) in [7, 11) is -3.54. The number of nitrogens with one attached hydrogen (secondary N) is 1. The van der Waals surface area contributed by atoms with Crippen molar-refractivity contribution in [3.05, 3.63) is 53.8 Å². The highest BCUT2D eigenvalue weighted by molar-refractivity contribution is 7.91. The second-order valence-electron chi connectivity index (χ2n) is 6.83. The molecule has 8 heteroatoms. The summed E-state index contributed by atoms with van der Waals surface area (Å²) in [6.07, 6.45) is 0.238. The van der Waals surface area contributed by atoms with E-state index in [1.54, 1.807) is 0 Å².